The molecular formula is C19H25N2O4+. The number of ether oxygens (including phenoxy) is 1. The molecule has 3 amide bonds. The monoisotopic (exact) mass is 345 g/mol. The fourth-order valence-electron chi connectivity index (χ4n) is 3.79. The second kappa shape index (κ2) is 6.86. The second-order valence-corrected chi connectivity index (χ2v) is 7.30. The van der Waals surface area contributed by atoms with E-state index in [2.05, 4.69) is 11.5 Å². The summed E-state index contributed by atoms with van der Waals surface area (Å²) < 4.78 is 5.31. The third-order valence-electron chi connectivity index (χ3n) is 5.47. The largest absolute Gasteiger partial charge is 0.448 e. The first-order valence-electron chi connectivity index (χ1n) is 9.25. The van der Waals surface area contributed by atoms with Crippen molar-refractivity contribution in [1.82, 2.24) is 5.48 Å². The Kier molecular flexibility index (Phi) is 4.58. The zero-order chi connectivity index (χ0) is 17.3. The number of nitrogens with one attached hydrogen (secondary N) is 1. The number of fused-ring (bicyclic) bond motifs is 1. The van der Waals surface area contributed by atoms with Gasteiger partial charge in [-0.2, -0.15) is 9.96 Å². The molecule has 1 saturated carbocycles. The van der Waals surface area contributed by atoms with Gasteiger partial charge in [0.1, 0.15) is 6.54 Å². The number of imide groups is 1. The van der Waals surface area contributed by atoms with Crippen molar-refractivity contribution in [2.75, 3.05) is 13.2 Å². The molecule has 2 fully saturated rings. The summed E-state index contributed by atoms with van der Waals surface area (Å²) in [6, 6.07) is 7.70. The van der Waals surface area contributed by atoms with Crippen LogP contribution >= 0.6 is 0 Å². The minimum absolute atomic E-state index is 0.0157. The Morgan fingerprint density at radius 3 is 2.64 bits per heavy atom. The predicted molar refractivity (Wildman–Crippen MR) is 89.9 cm³/mol. The van der Waals surface area contributed by atoms with E-state index in [-0.39, 0.29) is 22.3 Å². The van der Waals surface area contributed by atoms with Gasteiger partial charge in [-0.1, -0.05) is 24.3 Å². The number of amides is 3. The molecule has 2 heterocycles. The molecule has 2 atom stereocenters. The zero-order valence-electron chi connectivity index (χ0n) is 14.4. The van der Waals surface area contributed by atoms with Gasteiger partial charge in [0.05, 0.1) is 12.5 Å². The summed E-state index contributed by atoms with van der Waals surface area (Å²) in [5.74, 6) is 0.0436. The van der Waals surface area contributed by atoms with E-state index in [4.69, 9.17) is 9.57 Å². The van der Waals surface area contributed by atoms with E-state index in [1.54, 1.807) is 0 Å². The van der Waals surface area contributed by atoms with Gasteiger partial charge in [0.2, 0.25) is 0 Å². The number of nitrogens with zero attached hydrogens (tertiary/aromatic N) is 1. The van der Waals surface area contributed by atoms with Crippen LogP contribution < -0.4 is 5.48 Å². The Morgan fingerprint density at radius 2 is 1.92 bits per heavy atom. The second-order valence-electron chi connectivity index (χ2n) is 7.30. The molecule has 1 saturated heterocycles. The van der Waals surface area contributed by atoms with Crippen LogP contribution in [-0.4, -0.2) is 35.9 Å². The summed E-state index contributed by atoms with van der Waals surface area (Å²) in [4.78, 5) is 31.5. The standard InChI is InChI=1S/C19H24N2O4/c22-18(15-8-9-15)21(11-10-14-5-1-2-6-16(14)13-21)19(23)20-25-17-7-3-4-12-24-17/h1-2,5-6,15,17H,3-4,7-13H2/p+1. The fraction of sp³-hybridized carbons (Fsp3) is 0.579. The number of urea groups is 1. The van der Waals surface area contributed by atoms with Gasteiger partial charge in [0, 0.05) is 25.0 Å². The first kappa shape index (κ1) is 16.7. The predicted octanol–water partition coefficient (Wildman–Crippen LogP) is 2.66. The molecule has 0 bridgehead atoms. The average molecular weight is 345 g/mol. The lowest BCUT2D eigenvalue weighted by Crippen LogP contribution is -2.63. The molecule has 25 heavy (non-hydrogen) atoms. The van der Waals surface area contributed by atoms with Crippen LogP contribution in [0.5, 0.6) is 0 Å². The van der Waals surface area contributed by atoms with Gasteiger partial charge >= 0.3 is 11.9 Å². The summed E-state index contributed by atoms with van der Waals surface area (Å²) in [5.41, 5.74) is 4.85. The van der Waals surface area contributed by atoms with Crippen molar-refractivity contribution in [2.45, 2.75) is 51.4 Å². The Labute approximate surface area is 147 Å². The van der Waals surface area contributed by atoms with Crippen LogP contribution in [0.1, 0.15) is 43.2 Å². The molecule has 1 N–H and O–H groups in total. The summed E-state index contributed by atoms with van der Waals surface area (Å²) in [5, 5.41) is 0. The normalized spacial score (nSPS) is 28.9. The molecule has 134 valence electrons. The van der Waals surface area contributed by atoms with Crippen molar-refractivity contribution in [3.8, 4) is 0 Å². The molecule has 0 aromatic heterocycles. The van der Waals surface area contributed by atoms with Crippen LogP contribution in [0.2, 0.25) is 0 Å². The van der Waals surface area contributed by atoms with E-state index >= 15 is 0 Å². The maximum atomic E-state index is 13.0. The highest BCUT2D eigenvalue weighted by molar-refractivity contribution is 5.86. The first-order valence-corrected chi connectivity index (χ1v) is 9.25. The summed E-state index contributed by atoms with van der Waals surface area (Å²) in [6.45, 7) is 1.55. The number of hydrogen-bond acceptors (Lipinski definition) is 4. The SMILES string of the molecule is O=C(NOC1CCCCO1)[N+]1(C(=O)C2CC2)CCc2ccccc2C1. The summed E-state index contributed by atoms with van der Waals surface area (Å²) >= 11 is 0. The molecule has 3 aliphatic rings. The van der Waals surface area contributed by atoms with Gasteiger partial charge in [0.15, 0.2) is 6.29 Å². The van der Waals surface area contributed by atoms with Gasteiger partial charge in [-0.25, -0.2) is 14.4 Å². The van der Waals surface area contributed by atoms with Crippen LogP contribution in [0, 0.1) is 5.92 Å². The van der Waals surface area contributed by atoms with Gasteiger partial charge < -0.3 is 4.74 Å². The summed E-state index contributed by atoms with van der Waals surface area (Å²) in [6.07, 6.45) is 4.90. The Morgan fingerprint density at radius 1 is 1.12 bits per heavy atom. The Hall–Kier alpha value is -1.76. The van der Waals surface area contributed by atoms with E-state index < -0.39 is 6.29 Å². The van der Waals surface area contributed by atoms with Crippen LogP contribution in [0.15, 0.2) is 24.3 Å². The third-order valence-corrected chi connectivity index (χ3v) is 5.47. The van der Waals surface area contributed by atoms with Crippen molar-refractivity contribution in [1.29, 1.82) is 0 Å². The van der Waals surface area contributed by atoms with Crippen molar-refractivity contribution in [2.24, 2.45) is 5.92 Å². The molecular weight excluding hydrogens is 320 g/mol. The van der Waals surface area contributed by atoms with Crippen LogP contribution in [0.3, 0.4) is 0 Å². The van der Waals surface area contributed by atoms with Crippen molar-refractivity contribution < 1.29 is 23.6 Å². The number of benzene rings is 1. The minimum atomic E-state index is -0.411. The molecule has 0 spiro atoms. The van der Waals surface area contributed by atoms with E-state index in [0.29, 0.717) is 19.7 Å². The highest BCUT2D eigenvalue weighted by Crippen LogP contribution is 2.37. The van der Waals surface area contributed by atoms with Gasteiger partial charge in [0.25, 0.3) is 0 Å². The fourth-order valence-corrected chi connectivity index (χ4v) is 3.79. The van der Waals surface area contributed by atoms with Crippen LogP contribution in [0.4, 0.5) is 4.79 Å². The zero-order valence-corrected chi connectivity index (χ0v) is 14.4. The minimum Gasteiger partial charge on any atom is -0.350 e. The van der Waals surface area contributed by atoms with Crippen molar-refractivity contribution in [3.05, 3.63) is 35.4 Å². The lowest BCUT2D eigenvalue weighted by atomic mass is 9.97. The van der Waals surface area contributed by atoms with E-state index in [0.717, 1.165) is 44.1 Å². The van der Waals surface area contributed by atoms with Crippen LogP contribution in [-0.2, 0) is 27.3 Å². The van der Waals surface area contributed by atoms with E-state index in [1.807, 2.05) is 18.2 Å². The van der Waals surface area contributed by atoms with Gasteiger partial charge in [-0.3, -0.25) is 0 Å². The summed E-state index contributed by atoms with van der Waals surface area (Å²) in [7, 11) is 0. The lowest BCUT2D eigenvalue weighted by molar-refractivity contribution is -0.793. The molecule has 2 aliphatic heterocycles. The number of rotatable bonds is 3. The van der Waals surface area contributed by atoms with E-state index in [9.17, 15) is 9.59 Å². The Bertz CT molecular complexity index is 667. The smallest absolute Gasteiger partial charge is 0.350 e. The number of carbonyl (C=O) groups is 2. The number of hydroxylamine groups is 1. The maximum Gasteiger partial charge on any atom is 0.448 e. The molecule has 6 heteroatoms. The van der Waals surface area contributed by atoms with Gasteiger partial charge in [-0.15, -0.1) is 0 Å². The van der Waals surface area contributed by atoms with Crippen molar-refractivity contribution >= 4 is 11.9 Å². The molecule has 4 rings (SSSR count). The Balaban J connectivity index is 1.52. The van der Waals surface area contributed by atoms with Gasteiger partial charge in [-0.05, 0) is 31.2 Å². The molecule has 2 unspecified atom stereocenters. The molecule has 1 aromatic carbocycles. The highest BCUT2D eigenvalue weighted by Gasteiger charge is 2.53. The molecule has 1 aromatic rings. The molecule has 1 aliphatic carbocycles. The van der Waals surface area contributed by atoms with E-state index in [1.165, 1.54) is 5.56 Å². The van der Waals surface area contributed by atoms with Crippen LogP contribution in [0.25, 0.3) is 0 Å². The third kappa shape index (κ3) is 3.34. The number of carbonyl (C=O) groups excluding carboxylic acids is 2. The molecule has 6 nitrogen and oxygen atoms in total. The lowest BCUT2D eigenvalue weighted by Gasteiger charge is -2.37. The topological polar surface area (TPSA) is 64.6 Å². The average Bonchev–Trinajstić information content (AvgIpc) is 3.51. The highest BCUT2D eigenvalue weighted by atomic mass is 16.8. The van der Waals surface area contributed by atoms with Crippen molar-refractivity contribution in [3.63, 3.8) is 0 Å². The maximum absolute atomic E-state index is 13.0. The number of quaternary nitrogens is 1. The molecule has 0 radical (unpaired) electrons. The number of hydrogen-bond donors (Lipinski definition) is 1. The first-order chi connectivity index (χ1) is 12.2. The quantitative estimate of drug-likeness (QED) is 0.676.